The number of ether oxygens (including phenoxy) is 2. The van der Waals surface area contributed by atoms with Crippen molar-refractivity contribution in [2.24, 2.45) is 5.73 Å². The van der Waals surface area contributed by atoms with Gasteiger partial charge in [0.15, 0.2) is 0 Å². The molecule has 1 amide bonds. The van der Waals surface area contributed by atoms with Gasteiger partial charge in [-0.3, -0.25) is 0 Å². The van der Waals surface area contributed by atoms with E-state index in [1.807, 2.05) is 0 Å². The van der Waals surface area contributed by atoms with Crippen LogP contribution in [0.4, 0.5) is 4.79 Å². The van der Waals surface area contributed by atoms with E-state index in [1.165, 1.54) is 13.8 Å². The summed E-state index contributed by atoms with van der Waals surface area (Å²) in [6, 6.07) is 0. The third-order valence-corrected chi connectivity index (χ3v) is 1.27. The van der Waals surface area contributed by atoms with E-state index in [2.05, 4.69) is 28.4 Å². The first-order chi connectivity index (χ1) is 8.18. The summed E-state index contributed by atoms with van der Waals surface area (Å²) in [6.45, 7) is 9.45. The van der Waals surface area contributed by atoms with E-state index in [9.17, 15) is 14.4 Å². The molecule has 0 saturated heterocycles. The van der Waals surface area contributed by atoms with E-state index >= 15 is 0 Å². The molecule has 0 aromatic rings. The van der Waals surface area contributed by atoms with Crippen molar-refractivity contribution in [2.45, 2.75) is 13.8 Å². The van der Waals surface area contributed by atoms with E-state index in [0.29, 0.717) is 5.57 Å². The SMILES string of the molecule is C=C(C)C(=O)O.C=C(C)C(=O)OCCOC(N)=O. The summed E-state index contributed by atoms with van der Waals surface area (Å²) >= 11 is 0. The Balaban J connectivity index is 0. The highest BCUT2D eigenvalue weighted by Crippen LogP contribution is 1.91. The molecule has 0 aliphatic carbocycles. The molecule has 0 aliphatic rings. The molecule has 0 fully saturated rings. The molecule has 0 aliphatic heterocycles. The lowest BCUT2D eigenvalue weighted by atomic mass is 10.4. The van der Waals surface area contributed by atoms with Gasteiger partial charge in [-0.05, 0) is 13.8 Å². The summed E-state index contributed by atoms with van der Waals surface area (Å²) in [5, 5.41) is 7.89. The average Bonchev–Trinajstić information content (AvgIpc) is 2.24. The second kappa shape index (κ2) is 9.88. The minimum atomic E-state index is -0.935. The summed E-state index contributed by atoms with van der Waals surface area (Å²) < 4.78 is 8.89. The molecular weight excluding hydrogens is 242 g/mol. The molecule has 0 saturated carbocycles. The number of rotatable bonds is 5. The molecule has 0 aromatic carbocycles. The molecule has 3 N–H and O–H groups in total. The van der Waals surface area contributed by atoms with Crippen molar-refractivity contribution in [3.63, 3.8) is 0 Å². The molecule has 7 heteroatoms. The summed E-state index contributed by atoms with van der Waals surface area (Å²) in [7, 11) is 0. The number of esters is 1. The molecule has 0 bridgehead atoms. The number of carbonyl (C=O) groups is 3. The molecular formula is C11H17NO6. The van der Waals surface area contributed by atoms with Gasteiger partial charge in [0.05, 0.1) is 0 Å². The van der Waals surface area contributed by atoms with Crippen LogP contribution < -0.4 is 5.73 Å². The normalized spacial score (nSPS) is 8.33. The maximum atomic E-state index is 10.7. The molecule has 0 rings (SSSR count). The zero-order valence-corrected chi connectivity index (χ0v) is 10.4. The maximum Gasteiger partial charge on any atom is 0.404 e. The molecule has 0 aromatic heterocycles. The lowest BCUT2D eigenvalue weighted by Gasteiger charge is -2.03. The minimum Gasteiger partial charge on any atom is -0.478 e. The lowest BCUT2D eigenvalue weighted by molar-refractivity contribution is -0.140. The van der Waals surface area contributed by atoms with Crippen LogP contribution in [-0.2, 0) is 19.1 Å². The van der Waals surface area contributed by atoms with Crippen molar-refractivity contribution in [3.8, 4) is 0 Å². The number of hydrogen-bond acceptors (Lipinski definition) is 5. The first kappa shape index (κ1) is 18.1. The molecule has 18 heavy (non-hydrogen) atoms. The summed E-state index contributed by atoms with van der Waals surface area (Å²) in [5.74, 6) is -1.45. The fourth-order valence-electron chi connectivity index (χ4n) is 0.400. The Morgan fingerprint density at radius 1 is 1.06 bits per heavy atom. The second-order valence-electron chi connectivity index (χ2n) is 3.17. The Labute approximate surface area is 105 Å². The standard InChI is InChI=1S/C7H11NO4.C4H6O2/c1-5(2)6(9)11-3-4-12-7(8)10;1-3(2)4(5)6/h1,3-4H2,2H3,(H2,8,10);1H2,2H3,(H,5,6). The molecule has 0 radical (unpaired) electrons. The Morgan fingerprint density at radius 3 is 1.72 bits per heavy atom. The quantitative estimate of drug-likeness (QED) is 0.429. The van der Waals surface area contributed by atoms with Gasteiger partial charge in [-0.2, -0.15) is 0 Å². The number of aliphatic carboxylic acids is 1. The van der Waals surface area contributed by atoms with Crippen molar-refractivity contribution >= 4 is 18.0 Å². The van der Waals surface area contributed by atoms with E-state index in [1.54, 1.807) is 0 Å². The molecule has 0 heterocycles. The van der Waals surface area contributed by atoms with Crippen molar-refractivity contribution in [1.82, 2.24) is 0 Å². The van der Waals surface area contributed by atoms with Crippen LogP contribution in [0.25, 0.3) is 0 Å². The highest BCUT2D eigenvalue weighted by molar-refractivity contribution is 5.86. The smallest absolute Gasteiger partial charge is 0.404 e. The van der Waals surface area contributed by atoms with Crippen molar-refractivity contribution in [1.29, 1.82) is 0 Å². The van der Waals surface area contributed by atoms with Crippen LogP contribution >= 0.6 is 0 Å². The predicted molar refractivity (Wildman–Crippen MR) is 63.8 cm³/mol. The zero-order chi connectivity index (χ0) is 14.7. The highest BCUT2D eigenvalue weighted by atomic mass is 16.6. The van der Waals surface area contributed by atoms with Crippen molar-refractivity contribution in [3.05, 3.63) is 24.3 Å². The number of nitrogens with two attached hydrogens (primary N) is 1. The number of hydrogen-bond donors (Lipinski definition) is 2. The van der Waals surface area contributed by atoms with Gasteiger partial charge in [0, 0.05) is 11.1 Å². The van der Waals surface area contributed by atoms with Gasteiger partial charge in [0.2, 0.25) is 0 Å². The summed E-state index contributed by atoms with van der Waals surface area (Å²) in [5.41, 5.74) is 5.13. The Kier molecular flexibility index (Phi) is 9.92. The van der Waals surface area contributed by atoms with Crippen LogP contribution in [0.15, 0.2) is 24.3 Å². The van der Waals surface area contributed by atoms with E-state index < -0.39 is 18.0 Å². The lowest BCUT2D eigenvalue weighted by Crippen LogP contribution is -2.18. The molecule has 102 valence electrons. The summed E-state index contributed by atoms with van der Waals surface area (Å²) in [4.78, 5) is 30.3. The molecule has 0 atom stereocenters. The number of carboxylic acids is 1. The fourth-order valence-corrected chi connectivity index (χ4v) is 0.400. The Bertz CT molecular complexity index is 335. The summed E-state index contributed by atoms with van der Waals surface area (Å²) in [6.07, 6.45) is -0.888. The Morgan fingerprint density at radius 2 is 1.44 bits per heavy atom. The third-order valence-electron chi connectivity index (χ3n) is 1.27. The van der Waals surface area contributed by atoms with E-state index in [0.717, 1.165) is 0 Å². The molecule has 0 unspecified atom stereocenters. The van der Waals surface area contributed by atoms with Gasteiger partial charge >= 0.3 is 18.0 Å². The molecule has 0 spiro atoms. The van der Waals surface area contributed by atoms with E-state index in [4.69, 9.17) is 5.11 Å². The second-order valence-corrected chi connectivity index (χ2v) is 3.17. The average molecular weight is 259 g/mol. The van der Waals surface area contributed by atoms with Gasteiger partial charge in [-0.1, -0.05) is 13.2 Å². The largest absolute Gasteiger partial charge is 0.478 e. The van der Waals surface area contributed by atoms with Gasteiger partial charge in [0.1, 0.15) is 13.2 Å². The third kappa shape index (κ3) is 13.7. The van der Waals surface area contributed by atoms with Crippen LogP contribution in [0, 0.1) is 0 Å². The van der Waals surface area contributed by atoms with E-state index in [-0.39, 0.29) is 18.8 Å². The number of amides is 1. The predicted octanol–water partition coefficient (Wildman–Crippen LogP) is 0.848. The Hall–Kier alpha value is -2.31. The number of primary amides is 1. The van der Waals surface area contributed by atoms with Gasteiger partial charge < -0.3 is 20.3 Å². The van der Waals surface area contributed by atoms with Crippen molar-refractivity contribution in [2.75, 3.05) is 13.2 Å². The topological polar surface area (TPSA) is 116 Å². The highest BCUT2D eigenvalue weighted by Gasteiger charge is 2.02. The van der Waals surface area contributed by atoms with Gasteiger partial charge in [-0.25, -0.2) is 14.4 Å². The minimum absolute atomic E-state index is 0.00532. The number of carboxylic acid groups (broad SMARTS) is 1. The maximum absolute atomic E-state index is 10.7. The van der Waals surface area contributed by atoms with Gasteiger partial charge in [-0.15, -0.1) is 0 Å². The van der Waals surface area contributed by atoms with Crippen LogP contribution in [0.5, 0.6) is 0 Å². The monoisotopic (exact) mass is 259 g/mol. The van der Waals surface area contributed by atoms with Crippen LogP contribution in [-0.4, -0.2) is 36.4 Å². The van der Waals surface area contributed by atoms with Crippen LogP contribution in [0.1, 0.15) is 13.8 Å². The van der Waals surface area contributed by atoms with Crippen molar-refractivity contribution < 1.29 is 29.0 Å². The zero-order valence-electron chi connectivity index (χ0n) is 10.4. The number of carbonyl (C=O) groups excluding carboxylic acids is 2. The molecule has 7 nitrogen and oxygen atoms in total. The first-order valence-electron chi connectivity index (χ1n) is 4.82. The van der Waals surface area contributed by atoms with Crippen LogP contribution in [0.2, 0.25) is 0 Å². The van der Waals surface area contributed by atoms with Gasteiger partial charge in [0.25, 0.3) is 0 Å². The first-order valence-corrected chi connectivity index (χ1v) is 4.82. The van der Waals surface area contributed by atoms with Crippen LogP contribution in [0.3, 0.4) is 0 Å². The fraction of sp³-hybridized carbons (Fsp3) is 0.364.